The quantitative estimate of drug-likeness (QED) is 0.312. The minimum Gasteiger partial charge on any atom is -0.493 e. The Labute approximate surface area is 209 Å². The summed E-state index contributed by atoms with van der Waals surface area (Å²) in [6, 6.07) is 10.3. The zero-order valence-corrected chi connectivity index (χ0v) is 20.6. The predicted molar refractivity (Wildman–Crippen MR) is 128 cm³/mol. The molecule has 2 aromatic rings. The highest BCUT2D eigenvalue weighted by Crippen LogP contribution is 2.39. The van der Waals surface area contributed by atoms with Crippen LogP contribution >= 0.6 is 0 Å². The van der Waals surface area contributed by atoms with Crippen LogP contribution in [0.15, 0.2) is 36.4 Å². The summed E-state index contributed by atoms with van der Waals surface area (Å²) < 4.78 is 33.0. The van der Waals surface area contributed by atoms with Crippen molar-refractivity contribution in [2.24, 2.45) is 0 Å². The molecule has 2 heterocycles. The summed E-state index contributed by atoms with van der Waals surface area (Å²) >= 11 is 0. The van der Waals surface area contributed by atoms with Crippen molar-refractivity contribution in [2.45, 2.75) is 56.1 Å². The number of benzene rings is 2. The van der Waals surface area contributed by atoms with E-state index in [1.54, 1.807) is 24.3 Å². The van der Waals surface area contributed by atoms with Crippen molar-refractivity contribution in [2.75, 3.05) is 34.0 Å². The molecule has 0 saturated carbocycles. The number of methoxy groups -OCH3 is 2. The molecule has 0 radical (unpaired) electrons. The molecule has 2 aromatic carbocycles. The maximum absolute atomic E-state index is 11.0. The molecule has 10 nitrogen and oxygen atoms in total. The van der Waals surface area contributed by atoms with Gasteiger partial charge in [0.15, 0.2) is 41.0 Å². The van der Waals surface area contributed by atoms with Crippen LogP contribution < -0.4 is 18.9 Å². The van der Waals surface area contributed by atoms with Crippen LogP contribution in [0.4, 0.5) is 0 Å². The van der Waals surface area contributed by atoms with E-state index in [0.717, 1.165) is 18.4 Å². The second kappa shape index (κ2) is 11.2. The van der Waals surface area contributed by atoms with E-state index in [4.69, 9.17) is 28.4 Å². The van der Waals surface area contributed by atoms with E-state index in [0.29, 0.717) is 28.6 Å². The fraction of sp³-hybridized carbons (Fsp3) is 0.538. The lowest BCUT2D eigenvalue weighted by atomic mass is 9.94. The molecule has 0 aromatic heterocycles. The zero-order valence-electron chi connectivity index (χ0n) is 20.6. The number of aliphatic hydroxyl groups excluding tert-OH is 3. The van der Waals surface area contributed by atoms with Crippen molar-refractivity contribution >= 4 is 0 Å². The van der Waals surface area contributed by atoms with Gasteiger partial charge in [0, 0.05) is 0 Å². The first-order valence-corrected chi connectivity index (χ1v) is 11.9. The standard InChI is InChI=1S/C26H34O10/c1-4-5-15-6-8-18(19(10-15)31-2)35-21(12-27)22(28)16-7-9-17(20(11-16)32-3)33-13-26(30)14-34-25-23(36-25)24(26)29/h6-11,21-25,27-30H,4-5,12-14H2,1-3H3. The van der Waals surface area contributed by atoms with Gasteiger partial charge in [0.05, 0.1) is 27.4 Å². The van der Waals surface area contributed by atoms with Crippen molar-refractivity contribution in [3.05, 3.63) is 47.5 Å². The van der Waals surface area contributed by atoms with E-state index in [1.807, 2.05) is 12.1 Å². The third-order valence-electron chi connectivity index (χ3n) is 6.43. The van der Waals surface area contributed by atoms with Crippen molar-refractivity contribution in [3.63, 3.8) is 0 Å². The molecule has 4 N–H and O–H groups in total. The van der Waals surface area contributed by atoms with E-state index in [2.05, 4.69) is 6.92 Å². The molecule has 2 aliphatic heterocycles. The molecule has 2 aliphatic rings. The Bertz CT molecular complexity index is 1030. The second-order valence-corrected chi connectivity index (χ2v) is 9.05. The SMILES string of the molecule is CCCc1ccc(OC(CO)C(O)c2ccc(OCC3(O)COC4OC4C3O)c(OC)c2)c(OC)c1. The maximum Gasteiger partial charge on any atom is 0.187 e. The highest BCUT2D eigenvalue weighted by atomic mass is 16.8. The predicted octanol–water partition coefficient (Wildman–Crippen LogP) is 1.36. The first-order valence-electron chi connectivity index (χ1n) is 11.9. The Morgan fingerprint density at radius 2 is 1.78 bits per heavy atom. The highest BCUT2D eigenvalue weighted by Gasteiger charge is 2.59. The molecule has 0 aliphatic carbocycles. The number of fused-ring (bicyclic) bond motifs is 1. The van der Waals surface area contributed by atoms with Gasteiger partial charge in [0.25, 0.3) is 0 Å². The van der Waals surface area contributed by atoms with Gasteiger partial charge in [0.2, 0.25) is 0 Å². The fourth-order valence-electron chi connectivity index (χ4n) is 4.23. The summed E-state index contributed by atoms with van der Waals surface area (Å²) in [6.45, 7) is 1.26. The molecule has 10 heteroatoms. The highest BCUT2D eigenvalue weighted by molar-refractivity contribution is 5.45. The minimum absolute atomic E-state index is 0.132. The van der Waals surface area contributed by atoms with Crippen LogP contribution in [0.2, 0.25) is 0 Å². The van der Waals surface area contributed by atoms with Gasteiger partial charge in [-0.25, -0.2) is 0 Å². The summed E-state index contributed by atoms with van der Waals surface area (Å²) in [5.41, 5.74) is -0.110. The molecule has 2 saturated heterocycles. The first-order chi connectivity index (χ1) is 17.3. The number of epoxide rings is 1. The van der Waals surface area contributed by atoms with Gasteiger partial charge in [-0.2, -0.15) is 0 Å². The maximum atomic E-state index is 11.0. The van der Waals surface area contributed by atoms with E-state index >= 15 is 0 Å². The van der Waals surface area contributed by atoms with Gasteiger partial charge < -0.3 is 48.8 Å². The summed E-state index contributed by atoms with van der Waals surface area (Å²) in [7, 11) is 2.98. The lowest BCUT2D eigenvalue weighted by Crippen LogP contribution is -2.56. The van der Waals surface area contributed by atoms with Crippen molar-refractivity contribution < 1.29 is 48.8 Å². The van der Waals surface area contributed by atoms with E-state index in [9.17, 15) is 20.4 Å². The van der Waals surface area contributed by atoms with Gasteiger partial charge in [-0.3, -0.25) is 0 Å². The third-order valence-corrected chi connectivity index (χ3v) is 6.43. The number of ether oxygens (including phenoxy) is 6. The van der Waals surface area contributed by atoms with Gasteiger partial charge in [-0.05, 0) is 41.8 Å². The molecular weight excluding hydrogens is 472 g/mol. The molecular formula is C26H34O10. The first kappa shape index (κ1) is 26.5. The zero-order chi connectivity index (χ0) is 25.9. The number of aliphatic hydroxyl groups is 4. The van der Waals surface area contributed by atoms with Crippen molar-refractivity contribution in [1.29, 1.82) is 0 Å². The normalized spacial score (nSPS) is 26.5. The molecule has 2 fully saturated rings. The van der Waals surface area contributed by atoms with Crippen LogP contribution in [0.5, 0.6) is 23.0 Å². The number of hydrogen-bond acceptors (Lipinski definition) is 10. The minimum atomic E-state index is -1.64. The number of rotatable bonds is 12. The molecule has 0 bridgehead atoms. The molecule has 36 heavy (non-hydrogen) atoms. The Morgan fingerprint density at radius 3 is 2.47 bits per heavy atom. The van der Waals surface area contributed by atoms with E-state index < -0.39 is 42.9 Å². The van der Waals surface area contributed by atoms with Gasteiger partial charge in [0.1, 0.15) is 24.9 Å². The Kier molecular flexibility index (Phi) is 8.23. The summed E-state index contributed by atoms with van der Waals surface area (Å²) in [4.78, 5) is 0. The lowest BCUT2D eigenvalue weighted by molar-refractivity contribution is -0.165. The van der Waals surface area contributed by atoms with Crippen LogP contribution in [0.25, 0.3) is 0 Å². The second-order valence-electron chi connectivity index (χ2n) is 9.05. The molecule has 0 spiro atoms. The summed E-state index contributed by atoms with van der Waals surface area (Å²) in [6.07, 6.45) is -2.47. The monoisotopic (exact) mass is 506 g/mol. The van der Waals surface area contributed by atoms with Gasteiger partial charge in [-0.15, -0.1) is 0 Å². The third kappa shape index (κ3) is 5.54. The van der Waals surface area contributed by atoms with Crippen LogP contribution in [0.1, 0.15) is 30.6 Å². The molecule has 6 unspecified atom stereocenters. The van der Waals surface area contributed by atoms with Crippen LogP contribution in [-0.2, 0) is 15.9 Å². The van der Waals surface area contributed by atoms with Crippen molar-refractivity contribution in [1.82, 2.24) is 0 Å². The Hall–Kier alpha value is -2.60. The van der Waals surface area contributed by atoms with Crippen LogP contribution in [0, 0.1) is 0 Å². The molecule has 198 valence electrons. The van der Waals surface area contributed by atoms with Gasteiger partial charge >= 0.3 is 0 Å². The number of hydrogen-bond donors (Lipinski definition) is 4. The molecule has 6 atom stereocenters. The van der Waals surface area contributed by atoms with Crippen LogP contribution in [-0.4, -0.2) is 84.7 Å². The Morgan fingerprint density at radius 1 is 1.06 bits per heavy atom. The molecule has 4 rings (SSSR count). The van der Waals surface area contributed by atoms with Gasteiger partial charge in [-0.1, -0.05) is 25.5 Å². The van der Waals surface area contributed by atoms with Crippen LogP contribution in [0.3, 0.4) is 0 Å². The summed E-state index contributed by atoms with van der Waals surface area (Å²) in [5.74, 6) is 1.51. The van der Waals surface area contributed by atoms with Crippen molar-refractivity contribution in [3.8, 4) is 23.0 Å². The summed E-state index contributed by atoms with van der Waals surface area (Å²) in [5, 5.41) is 42.0. The smallest absolute Gasteiger partial charge is 0.187 e. The van der Waals surface area contributed by atoms with E-state index in [1.165, 1.54) is 14.2 Å². The average Bonchev–Trinajstić information content (AvgIpc) is 3.69. The fourth-order valence-corrected chi connectivity index (χ4v) is 4.23. The lowest BCUT2D eigenvalue weighted by Gasteiger charge is -2.34. The Balaban J connectivity index is 1.45. The topological polar surface area (TPSA) is 140 Å². The molecule has 0 amide bonds. The average molecular weight is 507 g/mol. The number of aryl methyl sites for hydroxylation is 1. The largest absolute Gasteiger partial charge is 0.493 e. The van der Waals surface area contributed by atoms with E-state index in [-0.39, 0.29) is 13.2 Å².